The van der Waals surface area contributed by atoms with Gasteiger partial charge in [0.1, 0.15) is 6.54 Å². The topological polar surface area (TPSA) is 87.3 Å². The average molecular weight is 424 g/mol. The molecule has 0 unspecified atom stereocenters. The number of carbonyl (C=O) groups excluding carboxylic acids is 1. The molecule has 0 aliphatic heterocycles. The molecule has 0 spiro atoms. The van der Waals surface area contributed by atoms with Crippen LogP contribution >= 0.6 is 11.6 Å². The molecule has 0 saturated heterocycles. The van der Waals surface area contributed by atoms with Gasteiger partial charge in [-0.3, -0.25) is 19.9 Å². The summed E-state index contributed by atoms with van der Waals surface area (Å²) < 4.78 is 6.95. The van der Waals surface area contributed by atoms with Crippen LogP contribution in [0.15, 0.2) is 48.7 Å². The Balaban J connectivity index is 2.04. The van der Waals surface area contributed by atoms with Crippen LogP contribution in [0.1, 0.15) is 12.6 Å². The molecule has 0 radical (unpaired) electrons. The predicted molar refractivity (Wildman–Crippen MR) is 116 cm³/mol. The number of nitrogens with zero attached hydrogens (tertiary/aromatic N) is 3. The van der Waals surface area contributed by atoms with Crippen LogP contribution in [0.5, 0.6) is 0 Å². The fraction of sp³-hybridized carbons (Fsp3) is 0.182. The number of esters is 1. The molecule has 2 aromatic heterocycles. The maximum Gasteiger partial charge on any atom is 0.325 e. The lowest BCUT2D eigenvalue weighted by molar-refractivity contribution is -0.384. The third-order valence-corrected chi connectivity index (χ3v) is 5.32. The van der Waals surface area contributed by atoms with Crippen LogP contribution in [0, 0.1) is 17.0 Å². The fourth-order valence-corrected chi connectivity index (χ4v) is 3.97. The smallest absolute Gasteiger partial charge is 0.325 e. The minimum atomic E-state index is -0.425. The second kappa shape index (κ2) is 7.76. The second-order valence-electron chi connectivity index (χ2n) is 6.83. The quantitative estimate of drug-likeness (QED) is 0.247. The Kier molecular flexibility index (Phi) is 5.13. The minimum Gasteiger partial charge on any atom is -0.465 e. The summed E-state index contributed by atoms with van der Waals surface area (Å²) in [5.41, 5.74) is 3.91. The third-order valence-electron chi connectivity index (χ3n) is 5.08. The lowest BCUT2D eigenvalue weighted by atomic mass is 9.98. The Morgan fingerprint density at radius 3 is 2.73 bits per heavy atom. The first-order chi connectivity index (χ1) is 14.4. The van der Waals surface area contributed by atoms with Gasteiger partial charge in [0.05, 0.1) is 17.0 Å². The van der Waals surface area contributed by atoms with Crippen LogP contribution in [-0.2, 0) is 16.1 Å². The number of halogens is 1. The van der Waals surface area contributed by atoms with Crippen molar-refractivity contribution in [2.45, 2.75) is 20.4 Å². The van der Waals surface area contributed by atoms with Gasteiger partial charge >= 0.3 is 5.97 Å². The fourth-order valence-electron chi connectivity index (χ4n) is 3.80. The van der Waals surface area contributed by atoms with Gasteiger partial charge in [-0.25, -0.2) is 0 Å². The van der Waals surface area contributed by atoms with Crippen LogP contribution in [0.25, 0.3) is 32.9 Å². The lowest BCUT2D eigenvalue weighted by Gasteiger charge is -2.10. The summed E-state index contributed by atoms with van der Waals surface area (Å²) in [6, 6.07) is 12.0. The highest BCUT2D eigenvalue weighted by Gasteiger charge is 2.21. The summed E-state index contributed by atoms with van der Waals surface area (Å²) in [6.07, 6.45) is 1.68. The van der Waals surface area contributed by atoms with Crippen molar-refractivity contribution in [1.82, 2.24) is 9.55 Å². The van der Waals surface area contributed by atoms with Crippen molar-refractivity contribution in [3.8, 4) is 11.1 Å². The number of aromatic nitrogens is 2. The summed E-state index contributed by atoms with van der Waals surface area (Å²) in [7, 11) is 0. The number of rotatable bonds is 5. The molecule has 4 aromatic rings. The molecule has 2 aromatic carbocycles. The van der Waals surface area contributed by atoms with Crippen molar-refractivity contribution in [3.05, 3.63) is 69.5 Å². The maximum absolute atomic E-state index is 12.2. The molecular formula is C22H18ClN3O4. The van der Waals surface area contributed by atoms with E-state index in [1.807, 2.05) is 23.6 Å². The lowest BCUT2D eigenvalue weighted by Crippen LogP contribution is -2.14. The number of hydrogen-bond donors (Lipinski definition) is 0. The van der Waals surface area contributed by atoms with E-state index in [-0.39, 0.29) is 24.8 Å². The van der Waals surface area contributed by atoms with Gasteiger partial charge < -0.3 is 9.30 Å². The number of hydrogen-bond acceptors (Lipinski definition) is 5. The predicted octanol–water partition coefficient (Wildman–Crippen LogP) is 5.29. The molecule has 0 saturated carbocycles. The van der Waals surface area contributed by atoms with Crippen molar-refractivity contribution >= 4 is 45.1 Å². The first kappa shape index (κ1) is 19.8. The van der Waals surface area contributed by atoms with Crippen molar-refractivity contribution in [3.63, 3.8) is 0 Å². The van der Waals surface area contributed by atoms with Gasteiger partial charge in [-0.1, -0.05) is 17.7 Å². The van der Waals surface area contributed by atoms with E-state index in [9.17, 15) is 14.9 Å². The van der Waals surface area contributed by atoms with Gasteiger partial charge in [-0.2, -0.15) is 0 Å². The van der Waals surface area contributed by atoms with E-state index in [0.29, 0.717) is 10.4 Å². The number of fused-ring (bicyclic) bond motifs is 2. The van der Waals surface area contributed by atoms with E-state index in [1.54, 1.807) is 37.4 Å². The highest BCUT2D eigenvalue weighted by atomic mass is 35.5. The standard InChI is InChI=1S/C22H18ClN3O4/c1-3-30-21(27)12-25-13(2)22(18-11-15(26(28)29)5-7-20(18)25)17-8-9-24-19-10-14(23)4-6-16(17)19/h4-11H,3,12H2,1-2H3. The molecular weight excluding hydrogens is 406 g/mol. The molecule has 0 amide bonds. The molecule has 0 atom stereocenters. The Bertz CT molecular complexity index is 1310. The van der Waals surface area contributed by atoms with Gasteiger partial charge in [-0.05, 0) is 43.7 Å². The van der Waals surface area contributed by atoms with E-state index in [1.165, 1.54) is 6.07 Å². The third kappa shape index (κ3) is 3.37. The number of ether oxygens (including phenoxy) is 1. The van der Waals surface area contributed by atoms with E-state index in [4.69, 9.17) is 16.3 Å². The molecule has 152 valence electrons. The number of non-ortho nitro benzene ring substituents is 1. The Morgan fingerprint density at radius 1 is 1.20 bits per heavy atom. The monoisotopic (exact) mass is 423 g/mol. The molecule has 0 aliphatic rings. The Labute approximate surface area is 177 Å². The first-order valence-electron chi connectivity index (χ1n) is 9.38. The molecule has 30 heavy (non-hydrogen) atoms. The Morgan fingerprint density at radius 2 is 2.00 bits per heavy atom. The van der Waals surface area contributed by atoms with E-state index in [2.05, 4.69) is 4.98 Å². The number of pyridine rings is 1. The van der Waals surface area contributed by atoms with Crippen molar-refractivity contribution < 1.29 is 14.5 Å². The number of carbonyl (C=O) groups is 1. The Hall–Kier alpha value is -3.45. The summed E-state index contributed by atoms with van der Waals surface area (Å²) >= 11 is 6.12. The van der Waals surface area contributed by atoms with Crippen LogP contribution in [0.3, 0.4) is 0 Å². The van der Waals surface area contributed by atoms with Gasteiger partial charge in [0.25, 0.3) is 5.69 Å². The van der Waals surface area contributed by atoms with Crippen molar-refractivity contribution in [2.24, 2.45) is 0 Å². The molecule has 2 heterocycles. The average Bonchev–Trinajstić information content (AvgIpc) is 2.98. The van der Waals surface area contributed by atoms with Crippen LogP contribution in [0.4, 0.5) is 5.69 Å². The van der Waals surface area contributed by atoms with E-state index >= 15 is 0 Å². The zero-order chi connectivity index (χ0) is 21.4. The zero-order valence-corrected chi connectivity index (χ0v) is 17.1. The summed E-state index contributed by atoms with van der Waals surface area (Å²) in [5.74, 6) is -0.367. The van der Waals surface area contributed by atoms with Crippen LogP contribution < -0.4 is 0 Å². The second-order valence-corrected chi connectivity index (χ2v) is 7.27. The molecule has 8 heteroatoms. The highest BCUT2D eigenvalue weighted by Crippen LogP contribution is 2.39. The SMILES string of the molecule is CCOC(=O)Cn1c(C)c(-c2ccnc3cc(Cl)ccc23)c2cc([N+](=O)[O-])ccc21. The van der Waals surface area contributed by atoms with Crippen LogP contribution in [0.2, 0.25) is 5.02 Å². The van der Waals surface area contributed by atoms with Crippen molar-refractivity contribution in [2.75, 3.05) is 6.61 Å². The molecule has 0 N–H and O–H groups in total. The van der Waals surface area contributed by atoms with Gasteiger partial charge in [-0.15, -0.1) is 0 Å². The zero-order valence-electron chi connectivity index (χ0n) is 16.4. The summed E-state index contributed by atoms with van der Waals surface area (Å²) in [5, 5.41) is 13.5. The highest BCUT2D eigenvalue weighted by molar-refractivity contribution is 6.31. The van der Waals surface area contributed by atoms with Gasteiger partial charge in [0, 0.05) is 50.9 Å². The van der Waals surface area contributed by atoms with Crippen molar-refractivity contribution in [1.29, 1.82) is 0 Å². The van der Waals surface area contributed by atoms with Crippen LogP contribution in [-0.4, -0.2) is 27.1 Å². The number of nitro benzene ring substituents is 1. The first-order valence-corrected chi connectivity index (χ1v) is 9.76. The summed E-state index contributed by atoms with van der Waals surface area (Å²) in [6.45, 7) is 3.94. The van der Waals surface area contributed by atoms with Gasteiger partial charge in [0.15, 0.2) is 0 Å². The molecule has 0 aliphatic carbocycles. The summed E-state index contributed by atoms with van der Waals surface area (Å²) in [4.78, 5) is 27.6. The van der Waals surface area contributed by atoms with E-state index in [0.717, 1.165) is 33.2 Å². The number of nitro groups is 1. The number of benzene rings is 2. The molecule has 0 fully saturated rings. The molecule has 7 nitrogen and oxygen atoms in total. The maximum atomic E-state index is 12.2. The normalized spacial score (nSPS) is 11.2. The minimum absolute atomic E-state index is 0.0153. The van der Waals surface area contributed by atoms with E-state index < -0.39 is 4.92 Å². The molecule has 0 bridgehead atoms. The molecule has 4 rings (SSSR count). The van der Waals surface area contributed by atoms with Gasteiger partial charge in [0.2, 0.25) is 0 Å². The largest absolute Gasteiger partial charge is 0.465 e.